The number of hydrogen-bond donors (Lipinski definition) is 4. The van der Waals surface area contributed by atoms with E-state index in [9.17, 15) is 5.11 Å². The van der Waals surface area contributed by atoms with Gasteiger partial charge in [-0.25, -0.2) is 0 Å². The number of rotatable bonds is 4. The van der Waals surface area contributed by atoms with E-state index in [2.05, 4.69) is 20.6 Å². The number of nitrogens with zero attached hydrogens (tertiary/aromatic N) is 2. The third kappa shape index (κ3) is 2.52. The molecule has 1 fully saturated rings. The molecule has 0 unspecified atom stereocenters. The molecule has 0 atom stereocenters. The van der Waals surface area contributed by atoms with Crippen LogP contribution in [0.4, 0.5) is 17.6 Å². The van der Waals surface area contributed by atoms with Crippen LogP contribution in [0.15, 0.2) is 6.07 Å². The number of nitrogen functional groups attached to an aromatic ring is 1. The van der Waals surface area contributed by atoms with E-state index in [-0.39, 0.29) is 12.1 Å². The van der Waals surface area contributed by atoms with Crippen LogP contribution in [0.5, 0.6) is 0 Å². The molecule has 88 valence electrons. The first-order chi connectivity index (χ1) is 7.67. The van der Waals surface area contributed by atoms with E-state index in [1.165, 1.54) is 0 Å². The first-order valence-electron chi connectivity index (χ1n) is 5.50. The molecule has 0 amide bonds. The molecule has 0 spiro atoms. The fraction of sp³-hybridized carbons (Fsp3) is 0.600. The Morgan fingerprint density at radius 1 is 1.44 bits per heavy atom. The summed E-state index contributed by atoms with van der Waals surface area (Å²) in [6.07, 6.45) is 1.35. The minimum absolute atomic E-state index is 0.176. The molecule has 1 aromatic rings. The molecule has 1 saturated carbocycles. The maximum absolute atomic E-state index is 9.18. The number of aromatic nitrogens is 2. The number of hydrogen-bond acceptors (Lipinski definition) is 6. The maximum Gasteiger partial charge on any atom is 0.223 e. The largest absolute Gasteiger partial charge is 0.393 e. The molecule has 1 aliphatic rings. The molecular weight excluding hydrogens is 206 g/mol. The van der Waals surface area contributed by atoms with E-state index in [4.69, 9.17) is 5.73 Å². The summed E-state index contributed by atoms with van der Waals surface area (Å²) in [4.78, 5) is 8.15. The number of nitrogens with one attached hydrogen (secondary N) is 2. The Morgan fingerprint density at radius 2 is 2.12 bits per heavy atom. The summed E-state index contributed by atoms with van der Waals surface area (Å²) in [6, 6.07) is 2.11. The second kappa shape index (κ2) is 4.52. The number of anilines is 3. The Hall–Kier alpha value is -1.56. The van der Waals surface area contributed by atoms with Crippen LogP contribution in [-0.2, 0) is 0 Å². The minimum atomic E-state index is -0.176. The average molecular weight is 223 g/mol. The molecule has 6 nitrogen and oxygen atoms in total. The van der Waals surface area contributed by atoms with Crippen molar-refractivity contribution in [2.45, 2.75) is 31.9 Å². The van der Waals surface area contributed by atoms with E-state index >= 15 is 0 Å². The molecule has 0 aromatic carbocycles. The van der Waals surface area contributed by atoms with Crippen molar-refractivity contribution in [2.75, 3.05) is 22.9 Å². The molecule has 1 heterocycles. The molecular formula is C10H17N5O. The number of aliphatic hydroxyl groups excluding tert-OH is 1. The van der Waals surface area contributed by atoms with Crippen molar-refractivity contribution >= 4 is 17.6 Å². The third-order valence-electron chi connectivity index (χ3n) is 2.57. The van der Waals surface area contributed by atoms with Gasteiger partial charge in [0.15, 0.2) is 0 Å². The lowest BCUT2D eigenvalue weighted by Gasteiger charge is -2.32. The lowest BCUT2D eigenvalue weighted by molar-refractivity contribution is 0.0835. The smallest absolute Gasteiger partial charge is 0.223 e. The zero-order valence-corrected chi connectivity index (χ0v) is 9.27. The summed E-state index contributed by atoms with van der Waals surface area (Å²) < 4.78 is 0. The van der Waals surface area contributed by atoms with Gasteiger partial charge in [-0.2, -0.15) is 9.97 Å². The van der Waals surface area contributed by atoms with Gasteiger partial charge in [0.25, 0.3) is 0 Å². The zero-order valence-electron chi connectivity index (χ0n) is 9.27. The Kier molecular flexibility index (Phi) is 3.09. The van der Waals surface area contributed by atoms with Crippen molar-refractivity contribution in [3.8, 4) is 0 Å². The monoisotopic (exact) mass is 223 g/mol. The van der Waals surface area contributed by atoms with E-state index in [0.29, 0.717) is 11.9 Å². The molecule has 6 heteroatoms. The average Bonchev–Trinajstić information content (AvgIpc) is 2.15. The standard InChI is InChI=1S/C10H17N5O/c1-2-12-8-5-9(15-10(11)14-8)13-6-3-7(16)4-6/h5-7,16H,2-4H2,1H3,(H4,11,12,13,14,15). The summed E-state index contributed by atoms with van der Waals surface area (Å²) in [7, 11) is 0. The van der Waals surface area contributed by atoms with Crippen LogP contribution in [0, 0.1) is 0 Å². The highest BCUT2D eigenvalue weighted by Gasteiger charge is 2.27. The molecule has 0 saturated heterocycles. The summed E-state index contributed by atoms with van der Waals surface area (Å²) in [5.74, 6) is 1.68. The first-order valence-corrected chi connectivity index (χ1v) is 5.50. The summed E-state index contributed by atoms with van der Waals surface area (Å²) in [5, 5.41) is 15.5. The summed E-state index contributed by atoms with van der Waals surface area (Å²) >= 11 is 0. The highest BCUT2D eigenvalue weighted by molar-refractivity contribution is 5.51. The number of aliphatic hydroxyl groups is 1. The van der Waals surface area contributed by atoms with Crippen molar-refractivity contribution in [1.29, 1.82) is 0 Å². The molecule has 1 aliphatic carbocycles. The summed E-state index contributed by atoms with van der Waals surface area (Å²) in [5.41, 5.74) is 5.60. The van der Waals surface area contributed by atoms with Crippen LogP contribution in [0.25, 0.3) is 0 Å². The normalized spacial score (nSPS) is 23.6. The van der Waals surface area contributed by atoms with Gasteiger partial charge >= 0.3 is 0 Å². The van der Waals surface area contributed by atoms with E-state index in [1.807, 2.05) is 13.0 Å². The van der Waals surface area contributed by atoms with Crippen molar-refractivity contribution in [2.24, 2.45) is 0 Å². The van der Waals surface area contributed by atoms with Crippen molar-refractivity contribution in [1.82, 2.24) is 9.97 Å². The lowest BCUT2D eigenvalue weighted by atomic mass is 9.89. The van der Waals surface area contributed by atoms with Crippen LogP contribution in [0.3, 0.4) is 0 Å². The van der Waals surface area contributed by atoms with Crippen molar-refractivity contribution < 1.29 is 5.11 Å². The topological polar surface area (TPSA) is 96.1 Å². The van der Waals surface area contributed by atoms with Gasteiger partial charge in [-0.1, -0.05) is 0 Å². The minimum Gasteiger partial charge on any atom is -0.393 e. The predicted octanol–water partition coefficient (Wildman–Crippen LogP) is 0.426. The molecule has 1 aromatic heterocycles. The molecule has 0 aliphatic heterocycles. The molecule has 16 heavy (non-hydrogen) atoms. The maximum atomic E-state index is 9.18. The first kappa shape index (κ1) is 10.9. The second-order valence-corrected chi connectivity index (χ2v) is 3.99. The molecule has 2 rings (SSSR count). The van der Waals surface area contributed by atoms with Crippen molar-refractivity contribution in [3.05, 3.63) is 6.07 Å². The van der Waals surface area contributed by atoms with Gasteiger partial charge in [0.05, 0.1) is 6.10 Å². The SMILES string of the molecule is CCNc1cc(NC2CC(O)C2)nc(N)n1. The Morgan fingerprint density at radius 3 is 2.75 bits per heavy atom. The van der Waals surface area contributed by atoms with Gasteiger partial charge in [0, 0.05) is 18.7 Å². The second-order valence-electron chi connectivity index (χ2n) is 3.99. The predicted molar refractivity (Wildman–Crippen MR) is 63.3 cm³/mol. The van der Waals surface area contributed by atoms with Crippen LogP contribution in [-0.4, -0.2) is 33.8 Å². The zero-order chi connectivity index (χ0) is 11.5. The fourth-order valence-corrected chi connectivity index (χ4v) is 1.73. The van der Waals surface area contributed by atoms with Gasteiger partial charge < -0.3 is 21.5 Å². The quantitative estimate of drug-likeness (QED) is 0.591. The third-order valence-corrected chi connectivity index (χ3v) is 2.57. The van der Waals surface area contributed by atoms with Gasteiger partial charge in [-0.15, -0.1) is 0 Å². The van der Waals surface area contributed by atoms with E-state index in [0.717, 1.165) is 25.2 Å². The lowest BCUT2D eigenvalue weighted by Crippen LogP contribution is -2.39. The number of nitrogens with two attached hydrogens (primary N) is 1. The van der Waals surface area contributed by atoms with Gasteiger partial charge in [0.2, 0.25) is 5.95 Å². The fourth-order valence-electron chi connectivity index (χ4n) is 1.73. The summed E-state index contributed by atoms with van der Waals surface area (Å²) in [6.45, 7) is 2.78. The van der Waals surface area contributed by atoms with Crippen LogP contribution >= 0.6 is 0 Å². The Bertz CT molecular complexity index is 364. The Labute approximate surface area is 94.3 Å². The highest BCUT2D eigenvalue weighted by atomic mass is 16.3. The Balaban J connectivity index is 2.02. The van der Waals surface area contributed by atoms with Gasteiger partial charge in [0.1, 0.15) is 11.6 Å². The van der Waals surface area contributed by atoms with Crippen molar-refractivity contribution in [3.63, 3.8) is 0 Å². The van der Waals surface area contributed by atoms with Gasteiger partial charge in [-0.3, -0.25) is 0 Å². The van der Waals surface area contributed by atoms with E-state index < -0.39 is 0 Å². The van der Waals surface area contributed by atoms with Crippen LogP contribution < -0.4 is 16.4 Å². The van der Waals surface area contributed by atoms with Crippen LogP contribution in [0.2, 0.25) is 0 Å². The van der Waals surface area contributed by atoms with Gasteiger partial charge in [-0.05, 0) is 19.8 Å². The highest BCUT2D eigenvalue weighted by Crippen LogP contribution is 2.24. The molecule has 5 N–H and O–H groups in total. The van der Waals surface area contributed by atoms with Crippen LogP contribution in [0.1, 0.15) is 19.8 Å². The molecule has 0 bridgehead atoms. The van der Waals surface area contributed by atoms with E-state index in [1.54, 1.807) is 0 Å². The molecule has 0 radical (unpaired) electrons.